The third-order valence-corrected chi connectivity index (χ3v) is 4.57. The van der Waals surface area contributed by atoms with Crippen LogP contribution in [0.3, 0.4) is 0 Å². The molecule has 26 heavy (non-hydrogen) atoms. The van der Waals surface area contributed by atoms with Crippen LogP contribution in [0.15, 0.2) is 24.3 Å². The molecular formula is C17H17F6N3. The summed E-state index contributed by atoms with van der Waals surface area (Å²) in [5.74, 6) is 0. The summed E-state index contributed by atoms with van der Waals surface area (Å²) in [6, 6.07) is 3.92. The molecule has 2 aromatic rings. The predicted molar refractivity (Wildman–Crippen MR) is 85.6 cm³/mol. The Morgan fingerprint density at radius 2 is 1.62 bits per heavy atom. The van der Waals surface area contributed by atoms with E-state index in [-0.39, 0.29) is 23.2 Å². The Bertz CT molecular complexity index is 791. The van der Waals surface area contributed by atoms with E-state index in [0.29, 0.717) is 25.7 Å². The molecule has 142 valence electrons. The second-order valence-corrected chi connectivity index (χ2v) is 6.51. The molecule has 0 amide bonds. The van der Waals surface area contributed by atoms with Crippen LogP contribution in [-0.2, 0) is 12.4 Å². The highest BCUT2D eigenvalue weighted by atomic mass is 19.4. The Morgan fingerprint density at radius 1 is 0.962 bits per heavy atom. The van der Waals surface area contributed by atoms with E-state index in [2.05, 4.69) is 10.3 Å². The molecule has 0 saturated heterocycles. The van der Waals surface area contributed by atoms with Gasteiger partial charge in [-0.25, -0.2) is 4.98 Å². The number of anilines is 1. The van der Waals surface area contributed by atoms with Crippen LogP contribution < -0.4 is 11.1 Å². The second-order valence-electron chi connectivity index (χ2n) is 6.51. The summed E-state index contributed by atoms with van der Waals surface area (Å²) >= 11 is 0. The molecule has 1 aliphatic rings. The summed E-state index contributed by atoms with van der Waals surface area (Å²) < 4.78 is 79.2. The van der Waals surface area contributed by atoms with Gasteiger partial charge >= 0.3 is 12.4 Å². The molecule has 0 atom stereocenters. The quantitative estimate of drug-likeness (QED) is 0.728. The van der Waals surface area contributed by atoms with Crippen molar-refractivity contribution in [2.45, 2.75) is 50.1 Å². The molecule has 1 saturated carbocycles. The minimum atomic E-state index is -4.85. The molecule has 3 nitrogen and oxygen atoms in total. The Hall–Kier alpha value is -2.03. The molecule has 0 unspecified atom stereocenters. The van der Waals surface area contributed by atoms with Crippen molar-refractivity contribution in [1.29, 1.82) is 0 Å². The minimum absolute atomic E-state index is 0.00824. The number of nitrogens with zero attached hydrogens (tertiary/aromatic N) is 1. The zero-order chi connectivity index (χ0) is 19.1. The molecule has 9 heteroatoms. The van der Waals surface area contributed by atoms with Crippen LogP contribution in [0.2, 0.25) is 0 Å². The molecule has 0 aliphatic heterocycles. The first-order valence-electron chi connectivity index (χ1n) is 8.16. The van der Waals surface area contributed by atoms with Gasteiger partial charge in [0.1, 0.15) is 5.69 Å². The number of rotatable bonds is 2. The molecule has 1 aromatic carbocycles. The molecule has 1 heterocycles. The van der Waals surface area contributed by atoms with Gasteiger partial charge in [-0.15, -0.1) is 0 Å². The second kappa shape index (κ2) is 6.61. The van der Waals surface area contributed by atoms with Crippen LogP contribution >= 0.6 is 0 Å². The van der Waals surface area contributed by atoms with E-state index < -0.39 is 29.1 Å². The maximum atomic E-state index is 13.2. The number of hydrogen-bond acceptors (Lipinski definition) is 3. The number of alkyl halides is 6. The zero-order valence-corrected chi connectivity index (χ0v) is 13.6. The lowest BCUT2D eigenvalue weighted by Crippen LogP contribution is -2.33. The van der Waals surface area contributed by atoms with Crippen LogP contribution in [0.1, 0.15) is 36.9 Å². The van der Waals surface area contributed by atoms with Crippen molar-refractivity contribution in [2.75, 3.05) is 5.32 Å². The SMILES string of the molecule is NC1CCC(Nc2cc(C(F)(F)F)nc3c(C(F)(F)F)cccc23)CC1. The van der Waals surface area contributed by atoms with E-state index in [1.54, 1.807) is 0 Å². The number of fused-ring (bicyclic) bond motifs is 1. The van der Waals surface area contributed by atoms with Crippen molar-refractivity contribution >= 4 is 16.6 Å². The van der Waals surface area contributed by atoms with Gasteiger partial charge in [-0.1, -0.05) is 12.1 Å². The molecule has 0 bridgehead atoms. The standard InChI is InChI=1S/C17H17F6N3/c18-16(19,20)12-3-1-2-11-13(25-10-6-4-9(24)5-7-10)8-14(17(21,22)23)26-15(11)12/h1-3,8-10H,4-7,24H2,(H,25,26). The Balaban J connectivity index is 2.11. The Kier molecular flexibility index (Phi) is 4.76. The van der Waals surface area contributed by atoms with Crippen molar-refractivity contribution in [3.63, 3.8) is 0 Å². The number of nitrogens with two attached hydrogens (primary N) is 1. The third-order valence-electron chi connectivity index (χ3n) is 4.57. The van der Waals surface area contributed by atoms with Gasteiger partial charge in [-0.05, 0) is 37.8 Å². The van der Waals surface area contributed by atoms with E-state index in [4.69, 9.17) is 5.73 Å². The van der Waals surface area contributed by atoms with Gasteiger partial charge in [0, 0.05) is 23.2 Å². The first-order valence-corrected chi connectivity index (χ1v) is 8.16. The van der Waals surface area contributed by atoms with Crippen molar-refractivity contribution in [3.8, 4) is 0 Å². The van der Waals surface area contributed by atoms with Crippen LogP contribution in [-0.4, -0.2) is 17.1 Å². The molecule has 3 rings (SSSR count). The van der Waals surface area contributed by atoms with Crippen LogP contribution in [0.5, 0.6) is 0 Å². The topological polar surface area (TPSA) is 50.9 Å². The first kappa shape index (κ1) is 18.8. The lowest BCUT2D eigenvalue weighted by molar-refractivity contribution is -0.142. The highest BCUT2D eigenvalue weighted by Crippen LogP contribution is 2.39. The Labute approximate surface area is 145 Å². The highest BCUT2D eigenvalue weighted by molar-refractivity contribution is 5.94. The van der Waals surface area contributed by atoms with Crippen molar-refractivity contribution in [1.82, 2.24) is 4.98 Å². The van der Waals surface area contributed by atoms with Crippen LogP contribution in [0, 0.1) is 0 Å². The van der Waals surface area contributed by atoms with Gasteiger partial charge in [0.15, 0.2) is 0 Å². The lowest BCUT2D eigenvalue weighted by Gasteiger charge is -2.28. The molecule has 0 radical (unpaired) electrons. The average Bonchev–Trinajstić information content (AvgIpc) is 2.54. The van der Waals surface area contributed by atoms with Gasteiger partial charge in [0.2, 0.25) is 0 Å². The fraction of sp³-hybridized carbons (Fsp3) is 0.471. The van der Waals surface area contributed by atoms with Gasteiger partial charge in [-0.2, -0.15) is 26.3 Å². The van der Waals surface area contributed by atoms with Crippen LogP contribution in [0.4, 0.5) is 32.0 Å². The third kappa shape index (κ3) is 3.87. The van der Waals surface area contributed by atoms with E-state index in [9.17, 15) is 26.3 Å². The van der Waals surface area contributed by atoms with Gasteiger partial charge in [-0.3, -0.25) is 0 Å². The Morgan fingerprint density at radius 3 is 2.19 bits per heavy atom. The summed E-state index contributed by atoms with van der Waals surface area (Å²) in [5.41, 5.74) is 2.59. The largest absolute Gasteiger partial charge is 0.433 e. The van der Waals surface area contributed by atoms with Crippen molar-refractivity contribution < 1.29 is 26.3 Å². The summed E-state index contributed by atoms with van der Waals surface area (Å²) in [6.45, 7) is 0. The average molecular weight is 377 g/mol. The number of pyridine rings is 1. The number of para-hydroxylation sites is 1. The van der Waals surface area contributed by atoms with Crippen molar-refractivity contribution in [3.05, 3.63) is 35.5 Å². The number of benzene rings is 1. The van der Waals surface area contributed by atoms with E-state index in [1.807, 2.05) is 0 Å². The molecule has 3 N–H and O–H groups in total. The van der Waals surface area contributed by atoms with E-state index in [1.165, 1.54) is 12.1 Å². The summed E-state index contributed by atoms with van der Waals surface area (Å²) in [7, 11) is 0. The van der Waals surface area contributed by atoms with Gasteiger partial charge in [0.05, 0.1) is 11.1 Å². The van der Waals surface area contributed by atoms with Gasteiger partial charge in [0.25, 0.3) is 0 Å². The van der Waals surface area contributed by atoms with E-state index >= 15 is 0 Å². The first-order chi connectivity index (χ1) is 12.1. The predicted octanol–water partition coefficient (Wildman–Crippen LogP) is 4.95. The van der Waals surface area contributed by atoms with E-state index in [0.717, 1.165) is 12.1 Å². The summed E-state index contributed by atoms with van der Waals surface area (Å²) in [6.07, 6.45) is -6.94. The fourth-order valence-corrected chi connectivity index (χ4v) is 3.23. The number of hydrogen-bond donors (Lipinski definition) is 2. The maximum Gasteiger partial charge on any atom is 0.433 e. The number of halogens is 6. The summed E-state index contributed by atoms with van der Waals surface area (Å²) in [5, 5.41) is 2.99. The normalized spacial score (nSPS) is 21.8. The lowest BCUT2D eigenvalue weighted by atomic mass is 9.91. The monoisotopic (exact) mass is 377 g/mol. The molecule has 1 aliphatic carbocycles. The number of aromatic nitrogens is 1. The summed E-state index contributed by atoms with van der Waals surface area (Å²) in [4.78, 5) is 3.27. The fourth-order valence-electron chi connectivity index (χ4n) is 3.23. The maximum absolute atomic E-state index is 13.2. The number of nitrogens with one attached hydrogen (secondary N) is 1. The highest BCUT2D eigenvalue weighted by Gasteiger charge is 2.37. The smallest absolute Gasteiger partial charge is 0.382 e. The molecular weight excluding hydrogens is 360 g/mol. The molecule has 1 aromatic heterocycles. The van der Waals surface area contributed by atoms with Gasteiger partial charge < -0.3 is 11.1 Å². The van der Waals surface area contributed by atoms with Crippen LogP contribution in [0.25, 0.3) is 10.9 Å². The molecule has 1 fully saturated rings. The molecule has 0 spiro atoms. The zero-order valence-electron chi connectivity index (χ0n) is 13.6. The minimum Gasteiger partial charge on any atom is -0.382 e. The van der Waals surface area contributed by atoms with Crippen molar-refractivity contribution in [2.24, 2.45) is 5.73 Å².